The third-order valence-electron chi connectivity index (χ3n) is 0.980. The molecule has 0 aliphatic carbocycles. The topological polar surface area (TPSA) is 106 Å². The zero-order chi connectivity index (χ0) is 8.43. The van der Waals surface area contributed by atoms with Crippen molar-refractivity contribution in [3.05, 3.63) is 32.6 Å². The molecule has 0 aliphatic heterocycles. The van der Waals surface area contributed by atoms with Gasteiger partial charge in [-0.25, -0.2) is 4.79 Å². The number of carbonyl (C=O) groups excluding carboxylic acids is 1. The molecule has 7 heteroatoms. The summed E-state index contributed by atoms with van der Waals surface area (Å²) in [7, 11) is 0. The third kappa shape index (κ3) is 2.50. The number of carbonyl (C=O) groups is 1. The van der Waals surface area contributed by atoms with E-state index in [2.05, 4.69) is 0 Å². The van der Waals surface area contributed by atoms with E-state index in [0.717, 1.165) is 6.07 Å². The zero-order valence-corrected chi connectivity index (χ0v) is 6.99. The minimum atomic E-state index is -1.59. The number of H-pyrrole nitrogens is 2. The van der Waals surface area contributed by atoms with Crippen LogP contribution in [0, 0.1) is 0 Å². The first-order chi connectivity index (χ1) is 5.09. The van der Waals surface area contributed by atoms with Gasteiger partial charge in [-0.2, -0.15) is 0 Å². The van der Waals surface area contributed by atoms with Crippen LogP contribution < -0.4 is 16.4 Å². The number of aromatic nitrogens is 2. The minimum absolute atomic E-state index is 0. The Hall–Kier alpha value is -1.11. The Bertz CT molecular complexity index is 365. The standard InChI is InChI=1S/C5H4N2O4.Ag/c8-3-1-2(4(9)10)6-5(11)7-3;/h1H,(H,9,10)(H2,6,7,8,11);/q;+1/p-1. The summed E-state index contributed by atoms with van der Waals surface area (Å²) in [5, 5.41) is 10.1. The number of carboxylic acids is 1. The van der Waals surface area contributed by atoms with Crippen LogP contribution in [0.1, 0.15) is 10.5 Å². The second-order valence-corrected chi connectivity index (χ2v) is 1.79. The maximum Gasteiger partial charge on any atom is 1.00 e. The Morgan fingerprint density at radius 3 is 2.33 bits per heavy atom. The van der Waals surface area contributed by atoms with Crippen molar-refractivity contribution in [2.75, 3.05) is 0 Å². The fourth-order valence-electron chi connectivity index (χ4n) is 0.579. The van der Waals surface area contributed by atoms with E-state index in [0.29, 0.717) is 0 Å². The predicted octanol–water partition coefficient (Wildman–Crippen LogP) is -2.58. The number of hydrogen-bond donors (Lipinski definition) is 2. The molecule has 1 rings (SSSR count). The van der Waals surface area contributed by atoms with Gasteiger partial charge in [0, 0.05) is 6.07 Å². The van der Waals surface area contributed by atoms with E-state index < -0.39 is 22.9 Å². The Labute approximate surface area is 81.1 Å². The Morgan fingerprint density at radius 2 is 1.92 bits per heavy atom. The average Bonchev–Trinajstić information content (AvgIpc) is 1.85. The molecule has 1 heterocycles. The molecule has 1 aromatic rings. The average molecular weight is 263 g/mol. The fraction of sp³-hybridized carbons (Fsp3) is 0. The first-order valence-corrected chi connectivity index (χ1v) is 2.64. The maximum absolute atomic E-state index is 10.4. The van der Waals surface area contributed by atoms with Crippen LogP contribution in [0.2, 0.25) is 0 Å². The van der Waals surface area contributed by atoms with Gasteiger partial charge in [-0.3, -0.25) is 9.78 Å². The van der Waals surface area contributed by atoms with Gasteiger partial charge in [0.1, 0.15) is 0 Å². The van der Waals surface area contributed by atoms with Crippen LogP contribution in [-0.2, 0) is 22.4 Å². The Morgan fingerprint density at radius 1 is 1.33 bits per heavy atom. The first-order valence-electron chi connectivity index (χ1n) is 2.64. The molecular weight excluding hydrogens is 260 g/mol. The number of aromatic amines is 2. The number of rotatable bonds is 1. The molecule has 0 atom stereocenters. The molecule has 12 heavy (non-hydrogen) atoms. The molecular formula is C5H3AgN2O4. The van der Waals surface area contributed by atoms with Gasteiger partial charge in [0.05, 0.1) is 11.7 Å². The van der Waals surface area contributed by atoms with E-state index in [1.807, 2.05) is 9.97 Å². The van der Waals surface area contributed by atoms with Crippen molar-refractivity contribution < 1.29 is 32.3 Å². The number of aromatic carboxylic acids is 1. The van der Waals surface area contributed by atoms with Crippen LogP contribution in [0.4, 0.5) is 0 Å². The molecule has 6 nitrogen and oxygen atoms in total. The van der Waals surface area contributed by atoms with Gasteiger partial charge in [-0.15, -0.1) is 0 Å². The Balaban J connectivity index is 0.00000121. The second kappa shape index (κ2) is 4.05. The molecule has 0 aliphatic rings. The molecule has 0 aromatic carbocycles. The molecule has 1 aromatic heterocycles. The van der Waals surface area contributed by atoms with Crippen molar-refractivity contribution in [3.63, 3.8) is 0 Å². The summed E-state index contributed by atoms with van der Waals surface area (Å²) >= 11 is 0. The molecule has 0 spiro atoms. The van der Waals surface area contributed by atoms with E-state index >= 15 is 0 Å². The molecule has 0 radical (unpaired) electrons. The summed E-state index contributed by atoms with van der Waals surface area (Å²) in [6.07, 6.45) is 0. The van der Waals surface area contributed by atoms with Crippen LogP contribution in [0.3, 0.4) is 0 Å². The third-order valence-corrected chi connectivity index (χ3v) is 0.980. The van der Waals surface area contributed by atoms with Gasteiger partial charge in [0.25, 0.3) is 5.56 Å². The van der Waals surface area contributed by atoms with Crippen LogP contribution in [0.15, 0.2) is 15.7 Å². The molecule has 0 fully saturated rings. The quantitative estimate of drug-likeness (QED) is 0.543. The second-order valence-electron chi connectivity index (χ2n) is 1.79. The van der Waals surface area contributed by atoms with Gasteiger partial charge < -0.3 is 14.9 Å². The SMILES string of the molecule is O=C([O-])c1cc(=O)[nH]c(=O)[nH]1.[Ag+]. The van der Waals surface area contributed by atoms with Gasteiger partial charge in [-0.1, -0.05) is 0 Å². The number of carboxylic acid groups (broad SMARTS) is 1. The summed E-state index contributed by atoms with van der Waals surface area (Å²) in [5.74, 6) is -1.59. The van der Waals surface area contributed by atoms with E-state index in [-0.39, 0.29) is 22.4 Å². The molecule has 2 N–H and O–H groups in total. The smallest absolute Gasteiger partial charge is 0.543 e. The Kier molecular flexibility index (Phi) is 3.68. The molecule has 0 unspecified atom stereocenters. The van der Waals surface area contributed by atoms with Crippen LogP contribution in [0.5, 0.6) is 0 Å². The number of hydrogen-bond acceptors (Lipinski definition) is 4. The van der Waals surface area contributed by atoms with E-state index in [9.17, 15) is 19.5 Å². The molecule has 0 bridgehead atoms. The minimum Gasteiger partial charge on any atom is -0.543 e. The molecule has 0 saturated carbocycles. The normalized spacial score (nSPS) is 8.67. The molecule has 68 valence electrons. The zero-order valence-electron chi connectivity index (χ0n) is 5.51. The van der Waals surface area contributed by atoms with Gasteiger partial charge in [0.2, 0.25) is 0 Å². The summed E-state index contributed by atoms with van der Waals surface area (Å²) in [5.41, 5.74) is -2.16. The van der Waals surface area contributed by atoms with Gasteiger partial charge in [0.15, 0.2) is 0 Å². The van der Waals surface area contributed by atoms with Crippen molar-refractivity contribution in [2.24, 2.45) is 0 Å². The van der Waals surface area contributed by atoms with Crippen LogP contribution in [0.25, 0.3) is 0 Å². The van der Waals surface area contributed by atoms with Crippen LogP contribution >= 0.6 is 0 Å². The summed E-state index contributed by atoms with van der Waals surface area (Å²) in [6.45, 7) is 0. The summed E-state index contributed by atoms with van der Waals surface area (Å²) < 4.78 is 0. The molecule has 0 amide bonds. The van der Waals surface area contributed by atoms with Gasteiger partial charge in [-0.05, 0) is 0 Å². The first kappa shape index (κ1) is 10.9. The fourth-order valence-corrected chi connectivity index (χ4v) is 0.579. The number of nitrogens with one attached hydrogen (secondary N) is 2. The van der Waals surface area contributed by atoms with Crippen molar-refractivity contribution in [2.45, 2.75) is 0 Å². The molecule has 0 saturated heterocycles. The summed E-state index contributed by atoms with van der Waals surface area (Å²) in [4.78, 5) is 34.6. The van der Waals surface area contributed by atoms with Crippen molar-refractivity contribution in [1.82, 2.24) is 9.97 Å². The largest absolute Gasteiger partial charge is 1.00 e. The van der Waals surface area contributed by atoms with Crippen molar-refractivity contribution in [1.29, 1.82) is 0 Å². The monoisotopic (exact) mass is 262 g/mol. The van der Waals surface area contributed by atoms with E-state index in [4.69, 9.17) is 0 Å². The van der Waals surface area contributed by atoms with Crippen molar-refractivity contribution >= 4 is 5.97 Å². The van der Waals surface area contributed by atoms with Crippen molar-refractivity contribution in [3.8, 4) is 0 Å². The maximum atomic E-state index is 10.4. The van der Waals surface area contributed by atoms with Gasteiger partial charge >= 0.3 is 28.1 Å². The summed E-state index contributed by atoms with van der Waals surface area (Å²) in [6, 6.07) is 0.733. The van der Waals surface area contributed by atoms with Crippen LogP contribution in [-0.4, -0.2) is 15.9 Å². The van der Waals surface area contributed by atoms with E-state index in [1.165, 1.54) is 0 Å². The predicted molar refractivity (Wildman–Crippen MR) is 32.0 cm³/mol. The van der Waals surface area contributed by atoms with E-state index in [1.54, 1.807) is 0 Å².